The van der Waals surface area contributed by atoms with Crippen LogP contribution in [0.3, 0.4) is 0 Å². The zero-order valence-electron chi connectivity index (χ0n) is 16.8. The first-order chi connectivity index (χ1) is 13.6. The van der Waals surface area contributed by atoms with Gasteiger partial charge in [0.05, 0.1) is 12.7 Å². The van der Waals surface area contributed by atoms with Gasteiger partial charge in [-0.3, -0.25) is 0 Å². The van der Waals surface area contributed by atoms with E-state index in [9.17, 15) is 9.90 Å². The number of urea groups is 1. The summed E-state index contributed by atoms with van der Waals surface area (Å²) in [6.45, 7) is 4.35. The topological polar surface area (TPSA) is 65.0 Å². The lowest BCUT2D eigenvalue weighted by Gasteiger charge is -2.42. The van der Waals surface area contributed by atoms with Crippen LogP contribution < -0.4 is 5.32 Å². The smallest absolute Gasteiger partial charge is 0.320 e. The zero-order valence-corrected chi connectivity index (χ0v) is 16.8. The largest absolute Gasteiger partial charge is 0.391 e. The monoisotopic (exact) mass is 387 g/mol. The molecule has 1 unspecified atom stereocenters. The van der Waals surface area contributed by atoms with Gasteiger partial charge in [-0.05, 0) is 31.2 Å². The number of piperidine rings is 1. The van der Waals surface area contributed by atoms with Gasteiger partial charge in [0.1, 0.15) is 0 Å². The standard InChI is InChI=1S/C22H33N3O3/c1-28-16-22(15-23-20-13-19(20)17-5-3-2-4-6-17)8-11-24(12-9-22)21(27)25-10-7-18(26)14-25/h2-6,18-20,23,26H,7-16H2,1H3/t18?,19-,20+/m0/s1. The van der Waals surface area contributed by atoms with E-state index in [1.165, 1.54) is 12.0 Å². The molecule has 0 aromatic heterocycles. The van der Waals surface area contributed by atoms with E-state index < -0.39 is 0 Å². The Balaban J connectivity index is 1.28. The van der Waals surface area contributed by atoms with Gasteiger partial charge < -0.3 is 25.0 Å². The van der Waals surface area contributed by atoms with E-state index in [0.29, 0.717) is 31.5 Å². The minimum absolute atomic E-state index is 0.0851. The van der Waals surface area contributed by atoms with Crippen LogP contribution in [0.25, 0.3) is 0 Å². The number of amides is 2. The molecule has 6 heteroatoms. The minimum atomic E-state index is -0.360. The molecule has 2 heterocycles. The van der Waals surface area contributed by atoms with Crippen molar-refractivity contribution in [2.45, 2.75) is 43.7 Å². The van der Waals surface area contributed by atoms with Crippen LogP contribution >= 0.6 is 0 Å². The van der Waals surface area contributed by atoms with Gasteiger partial charge in [0, 0.05) is 57.2 Å². The van der Waals surface area contributed by atoms with E-state index in [1.807, 2.05) is 4.90 Å². The normalized spacial score (nSPS) is 29.1. The summed E-state index contributed by atoms with van der Waals surface area (Å²) in [5, 5.41) is 13.5. The van der Waals surface area contributed by atoms with Crippen LogP contribution in [0.15, 0.2) is 30.3 Å². The highest BCUT2D eigenvalue weighted by molar-refractivity contribution is 5.75. The van der Waals surface area contributed by atoms with Crippen LogP contribution in [0.5, 0.6) is 0 Å². The van der Waals surface area contributed by atoms with Crippen LogP contribution in [0, 0.1) is 5.41 Å². The first-order valence-electron chi connectivity index (χ1n) is 10.6. The number of aliphatic hydroxyl groups is 1. The van der Waals surface area contributed by atoms with Gasteiger partial charge in [-0.1, -0.05) is 30.3 Å². The van der Waals surface area contributed by atoms with E-state index in [0.717, 1.165) is 39.1 Å². The van der Waals surface area contributed by atoms with E-state index >= 15 is 0 Å². The summed E-state index contributed by atoms with van der Waals surface area (Å²) >= 11 is 0. The number of benzene rings is 1. The Kier molecular flexibility index (Phi) is 5.90. The third-order valence-electron chi connectivity index (χ3n) is 6.74. The molecule has 2 aliphatic heterocycles. The number of carbonyl (C=O) groups is 1. The lowest BCUT2D eigenvalue weighted by atomic mass is 9.79. The molecular formula is C22H33N3O3. The number of β-amino-alcohol motifs (C(OH)–C–C–N with tert-alkyl or cyclic N) is 1. The van der Waals surface area contributed by atoms with Crippen LogP contribution in [-0.2, 0) is 4.74 Å². The van der Waals surface area contributed by atoms with Crippen molar-refractivity contribution < 1.29 is 14.6 Å². The molecule has 2 saturated heterocycles. The van der Waals surface area contributed by atoms with E-state index in [-0.39, 0.29) is 17.6 Å². The summed E-state index contributed by atoms with van der Waals surface area (Å²) in [6.07, 6.45) is 3.45. The number of likely N-dealkylation sites (tertiary alicyclic amines) is 2. The number of hydrogen-bond donors (Lipinski definition) is 2. The Hall–Kier alpha value is -1.63. The molecule has 154 valence electrons. The molecular weight excluding hydrogens is 354 g/mol. The van der Waals surface area contributed by atoms with Crippen molar-refractivity contribution in [2.75, 3.05) is 46.4 Å². The molecule has 0 spiro atoms. The second kappa shape index (κ2) is 8.39. The summed E-state index contributed by atoms with van der Waals surface area (Å²) in [5.41, 5.74) is 1.52. The van der Waals surface area contributed by atoms with E-state index in [4.69, 9.17) is 4.74 Å². The number of ether oxygens (including phenoxy) is 1. The second-order valence-corrected chi connectivity index (χ2v) is 8.83. The Bertz CT molecular complexity index is 660. The minimum Gasteiger partial charge on any atom is -0.391 e. The summed E-state index contributed by atoms with van der Waals surface area (Å²) < 4.78 is 5.57. The van der Waals surface area contributed by atoms with Crippen molar-refractivity contribution in [1.29, 1.82) is 0 Å². The molecule has 1 aromatic carbocycles. The predicted molar refractivity (Wildman–Crippen MR) is 108 cm³/mol. The fourth-order valence-electron chi connectivity index (χ4n) is 4.80. The van der Waals surface area contributed by atoms with Crippen molar-refractivity contribution in [1.82, 2.24) is 15.1 Å². The number of rotatable bonds is 6. The third kappa shape index (κ3) is 4.34. The predicted octanol–water partition coefficient (Wildman–Crippen LogP) is 2.05. The van der Waals surface area contributed by atoms with Gasteiger partial charge in [0.2, 0.25) is 0 Å². The van der Waals surface area contributed by atoms with E-state index in [1.54, 1.807) is 12.0 Å². The van der Waals surface area contributed by atoms with Crippen LogP contribution in [-0.4, -0.2) is 79.5 Å². The lowest BCUT2D eigenvalue weighted by Crippen LogP contribution is -2.52. The van der Waals surface area contributed by atoms with Gasteiger partial charge in [-0.15, -0.1) is 0 Å². The molecule has 1 saturated carbocycles. The molecule has 1 aromatic rings. The molecule has 1 aliphatic carbocycles. The average molecular weight is 388 g/mol. The Morgan fingerprint density at radius 3 is 2.61 bits per heavy atom. The molecule has 0 bridgehead atoms. The number of carbonyl (C=O) groups excluding carboxylic acids is 1. The summed E-state index contributed by atoms with van der Waals surface area (Å²) in [5.74, 6) is 0.629. The van der Waals surface area contributed by atoms with Crippen molar-refractivity contribution >= 4 is 6.03 Å². The Morgan fingerprint density at radius 1 is 1.21 bits per heavy atom. The first-order valence-corrected chi connectivity index (χ1v) is 10.6. The quantitative estimate of drug-likeness (QED) is 0.784. The highest BCUT2D eigenvalue weighted by Gasteiger charge is 2.42. The maximum atomic E-state index is 12.7. The first kappa shape index (κ1) is 19.7. The second-order valence-electron chi connectivity index (χ2n) is 8.83. The molecule has 4 rings (SSSR count). The van der Waals surface area contributed by atoms with Gasteiger partial charge in [-0.25, -0.2) is 4.79 Å². The van der Waals surface area contributed by atoms with Crippen LogP contribution in [0.2, 0.25) is 0 Å². The number of nitrogens with zero attached hydrogens (tertiary/aromatic N) is 2. The molecule has 6 nitrogen and oxygen atoms in total. The Morgan fingerprint density at radius 2 is 1.96 bits per heavy atom. The lowest BCUT2D eigenvalue weighted by molar-refractivity contribution is 0.0261. The highest BCUT2D eigenvalue weighted by atomic mass is 16.5. The molecule has 2 amide bonds. The summed E-state index contributed by atoms with van der Waals surface area (Å²) in [4.78, 5) is 16.4. The number of aliphatic hydroxyl groups excluding tert-OH is 1. The number of hydrogen-bond acceptors (Lipinski definition) is 4. The molecule has 28 heavy (non-hydrogen) atoms. The molecule has 3 aliphatic rings. The molecule has 0 radical (unpaired) electrons. The third-order valence-corrected chi connectivity index (χ3v) is 6.74. The fraction of sp³-hybridized carbons (Fsp3) is 0.682. The van der Waals surface area contributed by atoms with Gasteiger partial charge in [-0.2, -0.15) is 0 Å². The molecule has 3 fully saturated rings. The summed E-state index contributed by atoms with van der Waals surface area (Å²) in [6, 6.07) is 11.4. The zero-order chi connectivity index (χ0) is 19.6. The SMILES string of the molecule is COCC1(CN[C@@H]2C[C@H]2c2ccccc2)CCN(C(=O)N2CCC(O)C2)CC1. The number of nitrogens with one attached hydrogen (secondary N) is 1. The maximum absolute atomic E-state index is 12.7. The van der Waals surface area contributed by atoms with Crippen molar-refractivity contribution in [3.8, 4) is 0 Å². The number of methoxy groups -OCH3 is 1. The van der Waals surface area contributed by atoms with E-state index in [2.05, 4.69) is 35.6 Å². The van der Waals surface area contributed by atoms with Crippen molar-refractivity contribution in [3.63, 3.8) is 0 Å². The highest BCUT2D eigenvalue weighted by Crippen LogP contribution is 2.42. The van der Waals surface area contributed by atoms with Crippen molar-refractivity contribution in [3.05, 3.63) is 35.9 Å². The molecule has 3 atom stereocenters. The maximum Gasteiger partial charge on any atom is 0.320 e. The van der Waals surface area contributed by atoms with Gasteiger partial charge in [0.15, 0.2) is 0 Å². The van der Waals surface area contributed by atoms with Crippen molar-refractivity contribution in [2.24, 2.45) is 5.41 Å². The van der Waals surface area contributed by atoms with Gasteiger partial charge >= 0.3 is 6.03 Å². The van der Waals surface area contributed by atoms with Crippen LogP contribution in [0.4, 0.5) is 4.79 Å². The summed E-state index contributed by atoms with van der Waals surface area (Å²) in [7, 11) is 1.77. The van der Waals surface area contributed by atoms with Gasteiger partial charge in [0.25, 0.3) is 0 Å². The Labute approximate surface area is 167 Å². The average Bonchev–Trinajstić information content (AvgIpc) is 3.38. The molecule has 2 N–H and O–H groups in total. The van der Waals surface area contributed by atoms with Crippen LogP contribution in [0.1, 0.15) is 37.2 Å². The fourth-order valence-corrected chi connectivity index (χ4v) is 4.80.